The highest BCUT2D eigenvalue weighted by molar-refractivity contribution is 7.89. The molecule has 1 unspecified atom stereocenters. The largest absolute Gasteiger partial charge is 0.493 e. The number of nitrogens with one attached hydrogen (secondary N) is 1. The Bertz CT molecular complexity index is 951. The Morgan fingerprint density at radius 2 is 1.71 bits per heavy atom. The fourth-order valence-corrected chi connectivity index (χ4v) is 5.33. The summed E-state index contributed by atoms with van der Waals surface area (Å²) in [5.74, 6) is 0.362. The third kappa shape index (κ3) is 3.77. The highest BCUT2D eigenvalue weighted by Crippen LogP contribution is 2.34. The second-order valence-electron chi connectivity index (χ2n) is 7.21. The van der Waals surface area contributed by atoms with Crippen molar-refractivity contribution in [1.29, 1.82) is 0 Å². The normalized spacial score (nSPS) is 20.1. The van der Waals surface area contributed by atoms with Crippen LogP contribution in [0.4, 0.5) is 5.69 Å². The van der Waals surface area contributed by atoms with Crippen molar-refractivity contribution in [2.45, 2.75) is 36.5 Å². The summed E-state index contributed by atoms with van der Waals surface area (Å²) in [7, 11) is -3.46. The molecule has 2 aromatic rings. The van der Waals surface area contributed by atoms with Crippen LogP contribution in [0.15, 0.2) is 53.4 Å². The van der Waals surface area contributed by atoms with Crippen molar-refractivity contribution in [3.05, 3.63) is 54.1 Å². The Morgan fingerprint density at radius 1 is 1.00 bits per heavy atom. The number of carbonyl (C=O) groups is 1. The number of rotatable bonds is 4. The highest BCUT2D eigenvalue weighted by atomic mass is 32.2. The third-order valence-electron chi connectivity index (χ3n) is 5.35. The van der Waals surface area contributed by atoms with Gasteiger partial charge in [0.05, 0.1) is 17.4 Å². The van der Waals surface area contributed by atoms with E-state index in [1.807, 2.05) is 24.3 Å². The topological polar surface area (TPSA) is 75.7 Å². The summed E-state index contributed by atoms with van der Waals surface area (Å²) in [6.07, 6.45) is 3.50. The van der Waals surface area contributed by atoms with Crippen LogP contribution in [-0.4, -0.2) is 38.3 Å². The molecule has 0 saturated carbocycles. The molecule has 6 nitrogen and oxygen atoms in total. The van der Waals surface area contributed by atoms with E-state index in [0.29, 0.717) is 31.8 Å². The maximum atomic E-state index is 12.8. The first-order valence-electron chi connectivity index (χ1n) is 9.68. The summed E-state index contributed by atoms with van der Waals surface area (Å²) in [5, 5.41) is 2.91. The van der Waals surface area contributed by atoms with E-state index in [2.05, 4.69) is 5.32 Å². The first-order valence-corrected chi connectivity index (χ1v) is 11.1. The summed E-state index contributed by atoms with van der Waals surface area (Å²) < 4.78 is 32.6. The van der Waals surface area contributed by atoms with Crippen LogP contribution in [-0.2, 0) is 14.8 Å². The van der Waals surface area contributed by atoms with E-state index in [9.17, 15) is 13.2 Å². The lowest BCUT2D eigenvalue weighted by molar-refractivity contribution is -0.118. The molecule has 0 aliphatic carbocycles. The molecule has 148 valence electrons. The number of amides is 1. The van der Waals surface area contributed by atoms with Gasteiger partial charge in [-0.2, -0.15) is 4.31 Å². The monoisotopic (exact) mass is 400 g/mol. The minimum Gasteiger partial charge on any atom is -0.493 e. The van der Waals surface area contributed by atoms with Gasteiger partial charge in [-0.15, -0.1) is 0 Å². The van der Waals surface area contributed by atoms with Gasteiger partial charge in [0.25, 0.3) is 0 Å². The molecule has 0 radical (unpaired) electrons. The van der Waals surface area contributed by atoms with Crippen LogP contribution in [0.25, 0.3) is 0 Å². The molecule has 0 aromatic heterocycles. The summed E-state index contributed by atoms with van der Waals surface area (Å²) in [6.45, 7) is 1.65. The molecule has 0 spiro atoms. The minimum atomic E-state index is -3.46. The third-order valence-corrected chi connectivity index (χ3v) is 7.26. The van der Waals surface area contributed by atoms with E-state index in [1.54, 1.807) is 28.6 Å². The molecule has 7 heteroatoms. The minimum absolute atomic E-state index is 0.109. The molecule has 1 atom stereocenters. The first-order chi connectivity index (χ1) is 13.6. The van der Waals surface area contributed by atoms with Gasteiger partial charge in [0.2, 0.25) is 15.9 Å². The van der Waals surface area contributed by atoms with E-state index < -0.39 is 10.0 Å². The number of ether oxygens (including phenoxy) is 1. The van der Waals surface area contributed by atoms with E-state index in [4.69, 9.17) is 4.74 Å². The standard InChI is InChI=1S/C21H24N2O4S/c24-21(19-12-15-27-20-7-3-2-6-18(19)20)22-16-8-10-17(11-9-16)28(25,26)23-13-4-1-5-14-23/h2-3,6-11,19H,1,4-5,12-15H2,(H,22,24). The Morgan fingerprint density at radius 3 is 2.46 bits per heavy atom. The van der Waals surface area contributed by atoms with Crippen LogP contribution >= 0.6 is 0 Å². The van der Waals surface area contributed by atoms with Gasteiger partial charge in [-0.1, -0.05) is 24.6 Å². The van der Waals surface area contributed by atoms with Crippen LogP contribution < -0.4 is 10.1 Å². The molecule has 2 heterocycles. The van der Waals surface area contributed by atoms with E-state index in [0.717, 1.165) is 30.6 Å². The van der Waals surface area contributed by atoms with Crippen LogP contribution in [0.2, 0.25) is 0 Å². The highest BCUT2D eigenvalue weighted by Gasteiger charge is 2.28. The van der Waals surface area contributed by atoms with Gasteiger partial charge in [0, 0.05) is 24.3 Å². The van der Waals surface area contributed by atoms with E-state index >= 15 is 0 Å². The number of carbonyl (C=O) groups excluding carboxylic acids is 1. The zero-order valence-electron chi connectivity index (χ0n) is 15.6. The Balaban J connectivity index is 1.47. The van der Waals surface area contributed by atoms with Crippen LogP contribution in [0.1, 0.15) is 37.2 Å². The lowest BCUT2D eigenvalue weighted by atomic mass is 9.92. The molecule has 1 saturated heterocycles. The molecule has 2 aliphatic heterocycles. The number of hydrogen-bond acceptors (Lipinski definition) is 4. The second-order valence-corrected chi connectivity index (χ2v) is 9.14. The van der Waals surface area contributed by atoms with Crippen LogP contribution in [0.3, 0.4) is 0 Å². The molecular formula is C21H24N2O4S. The van der Waals surface area contributed by atoms with E-state index in [-0.39, 0.29) is 16.7 Å². The van der Waals surface area contributed by atoms with Crippen molar-refractivity contribution in [2.24, 2.45) is 0 Å². The van der Waals surface area contributed by atoms with Gasteiger partial charge in [0.1, 0.15) is 5.75 Å². The lowest BCUT2D eigenvalue weighted by Gasteiger charge is -2.26. The molecule has 1 amide bonds. The van der Waals surface area contributed by atoms with Crippen molar-refractivity contribution in [1.82, 2.24) is 4.31 Å². The average Bonchev–Trinajstić information content (AvgIpc) is 2.74. The number of piperidine rings is 1. The molecular weight excluding hydrogens is 376 g/mol. The Kier molecular flexibility index (Phi) is 5.37. The molecule has 0 bridgehead atoms. The van der Waals surface area contributed by atoms with Gasteiger partial charge in [0.15, 0.2) is 0 Å². The predicted octanol–water partition coefficient (Wildman–Crippen LogP) is 3.37. The smallest absolute Gasteiger partial charge is 0.243 e. The fourth-order valence-electron chi connectivity index (χ4n) is 3.81. The Labute approximate surface area is 165 Å². The van der Waals surface area contributed by atoms with Crippen LogP contribution in [0, 0.1) is 0 Å². The van der Waals surface area contributed by atoms with Gasteiger partial charge in [-0.05, 0) is 49.6 Å². The fraction of sp³-hybridized carbons (Fsp3) is 0.381. The number of benzene rings is 2. The van der Waals surface area contributed by atoms with E-state index in [1.165, 1.54) is 0 Å². The molecule has 2 aliphatic rings. The van der Waals surface area contributed by atoms with Crippen molar-refractivity contribution in [2.75, 3.05) is 25.0 Å². The summed E-state index contributed by atoms with van der Waals surface area (Å²) in [6, 6.07) is 14.0. The zero-order chi connectivity index (χ0) is 19.6. The quantitative estimate of drug-likeness (QED) is 0.854. The maximum absolute atomic E-state index is 12.8. The number of sulfonamides is 1. The number of nitrogens with zero attached hydrogens (tertiary/aromatic N) is 1. The van der Waals surface area contributed by atoms with Crippen molar-refractivity contribution in [3.63, 3.8) is 0 Å². The summed E-state index contributed by atoms with van der Waals surface area (Å²) >= 11 is 0. The predicted molar refractivity (Wildman–Crippen MR) is 107 cm³/mol. The molecule has 1 N–H and O–H groups in total. The van der Waals surface area contributed by atoms with Crippen molar-refractivity contribution >= 4 is 21.6 Å². The zero-order valence-corrected chi connectivity index (χ0v) is 16.5. The van der Waals surface area contributed by atoms with Gasteiger partial charge in [-0.25, -0.2) is 8.42 Å². The number of hydrogen-bond donors (Lipinski definition) is 1. The van der Waals surface area contributed by atoms with Crippen molar-refractivity contribution < 1.29 is 17.9 Å². The molecule has 4 rings (SSSR count). The number of anilines is 1. The molecule has 1 fully saturated rings. The van der Waals surface area contributed by atoms with Gasteiger partial charge in [-0.3, -0.25) is 4.79 Å². The molecule has 2 aromatic carbocycles. The summed E-state index contributed by atoms with van der Waals surface area (Å²) in [4.78, 5) is 13.0. The SMILES string of the molecule is O=C(Nc1ccc(S(=O)(=O)N2CCCCC2)cc1)C1CCOc2ccccc21. The number of para-hydroxylation sites is 1. The molecule has 28 heavy (non-hydrogen) atoms. The van der Waals surface area contributed by atoms with Crippen molar-refractivity contribution in [3.8, 4) is 5.75 Å². The second kappa shape index (κ2) is 7.93. The van der Waals surface area contributed by atoms with Gasteiger partial charge < -0.3 is 10.1 Å². The van der Waals surface area contributed by atoms with Crippen LogP contribution in [0.5, 0.6) is 5.75 Å². The maximum Gasteiger partial charge on any atom is 0.243 e. The lowest BCUT2D eigenvalue weighted by Crippen LogP contribution is -2.35. The number of fused-ring (bicyclic) bond motifs is 1. The average molecular weight is 401 g/mol. The summed E-state index contributed by atoms with van der Waals surface area (Å²) in [5.41, 5.74) is 1.47. The van der Waals surface area contributed by atoms with Gasteiger partial charge >= 0.3 is 0 Å². The first kappa shape index (κ1) is 19.0. The Hall–Kier alpha value is -2.38.